The third kappa shape index (κ3) is 2.43. The number of isocyanates is 1. The van der Waals surface area contributed by atoms with Gasteiger partial charge in [-0.3, -0.25) is 0 Å². The highest BCUT2D eigenvalue weighted by molar-refractivity contribution is 7.91. The Hall–Kier alpha value is -0.720. The van der Waals surface area contributed by atoms with Gasteiger partial charge in [-0.1, -0.05) is 11.6 Å². The molecule has 5 nitrogen and oxygen atoms in total. The van der Waals surface area contributed by atoms with Crippen molar-refractivity contribution < 1.29 is 13.2 Å². The monoisotopic (exact) mass is 292 g/mol. The molecule has 0 amide bonds. The largest absolute Gasteiger partial charge is 0.254 e. The summed E-state index contributed by atoms with van der Waals surface area (Å²) < 4.78 is 26.3. The average molecular weight is 293 g/mol. The van der Waals surface area contributed by atoms with Crippen LogP contribution in [0.15, 0.2) is 21.3 Å². The van der Waals surface area contributed by atoms with E-state index in [9.17, 15) is 13.2 Å². The summed E-state index contributed by atoms with van der Waals surface area (Å²) >= 11 is 6.72. The maximum absolute atomic E-state index is 12.2. The molecule has 1 aromatic heterocycles. The zero-order valence-electron chi connectivity index (χ0n) is 8.67. The molecule has 0 bridgehead atoms. The van der Waals surface area contributed by atoms with E-state index < -0.39 is 16.2 Å². The molecule has 0 aliphatic carbocycles. The van der Waals surface area contributed by atoms with Crippen LogP contribution in [-0.4, -0.2) is 31.5 Å². The minimum atomic E-state index is -3.59. The number of hydrogen-bond acceptors (Lipinski definition) is 5. The van der Waals surface area contributed by atoms with Crippen molar-refractivity contribution in [2.24, 2.45) is 4.99 Å². The van der Waals surface area contributed by atoms with Gasteiger partial charge in [0.05, 0.1) is 4.34 Å². The van der Waals surface area contributed by atoms with Crippen LogP contribution in [-0.2, 0) is 14.8 Å². The van der Waals surface area contributed by atoms with Crippen molar-refractivity contribution in [2.75, 3.05) is 6.54 Å². The van der Waals surface area contributed by atoms with Crippen LogP contribution in [0.25, 0.3) is 0 Å². The number of thiophene rings is 1. The Morgan fingerprint density at radius 3 is 2.88 bits per heavy atom. The summed E-state index contributed by atoms with van der Waals surface area (Å²) in [5.41, 5.74) is 0. The molecule has 92 valence electrons. The van der Waals surface area contributed by atoms with Crippen LogP contribution in [0.3, 0.4) is 0 Å². The van der Waals surface area contributed by atoms with E-state index in [1.165, 1.54) is 22.5 Å². The van der Waals surface area contributed by atoms with Gasteiger partial charge in [0.15, 0.2) is 0 Å². The highest BCUT2D eigenvalue weighted by atomic mass is 35.5. The Labute approximate surface area is 108 Å². The Kier molecular flexibility index (Phi) is 3.65. The van der Waals surface area contributed by atoms with E-state index in [-0.39, 0.29) is 4.21 Å². The topological polar surface area (TPSA) is 66.8 Å². The predicted octanol–water partition coefficient (Wildman–Crippen LogP) is 1.85. The molecule has 1 saturated heterocycles. The lowest BCUT2D eigenvalue weighted by Crippen LogP contribution is -2.33. The molecule has 0 spiro atoms. The van der Waals surface area contributed by atoms with Crippen LogP contribution in [0.4, 0.5) is 0 Å². The minimum absolute atomic E-state index is 0.176. The van der Waals surface area contributed by atoms with E-state index in [1.54, 1.807) is 0 Å². The van der Waals surface area contributed by atoms with E-state index in [1.807, 2.05) is 0 Å². The van der Waals surface area contributed by atoms with Gasteiger partial charge in [-0.25, -0.2) is 13.2 Å². The third-order valence-electron chi connectivity index (χ3n) is 2.49. The lowest BCUT2D eigenvalue weighted by atomic mass is 10.3. The fraction of sp³-hybridized carbons (Fsp3) is 0.444. The Morgan fingerprint density at radius 2 is 2.29 bits per heavy atom. The van der Waals surface area contributed by atoms with Gasteiger partial charge in [-0.05, 0) is 25.0 Å². The van der Waals surface area contributed by atoms with E-state index >= 15 is 0 Å². The number of sulfonamides is 1. The second-order valence-corrected chi connectivity index (χ2v) is 7.35. The Morgan fingerprint density at radius 1 is 1.53 bits per heavy atom. The first kappa shape index (κ1) is 12.7. The first-order valence-electron chi connectivity index (χ1n) is 4.90. The molecule has 0 N–H and O–H groups in total. The fourth-order valence-corrected chi connectivity index (χ4v) is 4.95. The van der Waals surface area contributed by atoms with Crippen LogP contribution < -0.4 is 0 Å². The van der Waals surface area contributed by atoms with Crippen LogP contribution in [0.5, 0.6) is 0 Å². The van der Waals surface area contributed by atoms with Crippen LogP contribution in [0.2, 0.25) is 4.34 Å². The van der Waals surface area contributed by atoms with Gasteiger partial charge in [-0.15, -0.1) is 11.3 Å². The quantitative estimate of drug-likeness (QED) is 0.631. The lowest BCUT2D eigenvalue weighted by molar-refractivity contribution is 0.397. The zero-order valence-corrected chi connectivity index (χ0v) is 11.1. The Bertz CT molecular complexity index is 563. The highest BCUT2D eigenvalue weighted by Crippen LogP contribution is 2.32. The van der Waals surface area contributed by atoms with Gasteiger partial charge in [-0.2, -0.15) is 9.30 Å². The highest BCUT2D eigenvalue weighted by Gasteiger charge is 2.36. The van der Waals surface area contributed by atoms with E-state index in [2.05, 4.69) is 4.99 Å². The van der Waals surface area contributed by atoms with Crippen molar-refractivity contribution in [1.29, 1.82) is 0 Å². The number of halogens is 1. The summed E-state index contributed by atoms with van der Waals surface area (Å²) in [6.45, 7) is 0.369. The molecule has 0 aromatic carbocycles. The maximum Gasteiger partial charge on any atom is 0.254 e. The standard InChI is InChI=1S/C9H9ClN2O3S2/c10-7-3-4-9(16-7)17(14,15)12-5-1-2-8(12)11-6-13/h3-4,8H,1-2,5H2. The summed E-state index contributed by atoms with van der Waals surface area (Å²) in [4.78, 5) is 13.8. The van der Waals surface area contributed by atoms with E-state index in [0.29, 0.717) is 23.7 Å². The van der Waals surface area contributed by atoms with Gasteiger partial charge in [0.1, 0.15) is 10.4 Å². The molecule has 1 atom stereocenters. The van der Waals surface area contributed by atoms with Gasteiger partial charge in [0, 0.05) is 6.54 Å². The molecule has 0 saturated carbocycles. The van der Waals surface area contributed by atoms with Gasteiger partial charge in [0.2, 0.25) is 6.08 Å². The smallest absolute Gasteiger partial charge is 0.211 e. The summed E-state index contributed by atoms with van der Waals surface area (Å²) in [5, 5.41) is 0. The number of aliphatic imine (C=N–C) groups is 1. The Balaban J connectivity index is 2.35. The molecule has 1 unspecified atom stereocenters. The normalized spacial score (nSPS) is 21.4. The molecule has 8 heteroatoms. The molecule has 1 aromatic rings. The summed E-state index contributed by atoms with van der Waals surface area (Å²) in [7, 11) is -3.59. The third-order valence-corrected chi connectivity index (χ3v) is 6.08. The average Bonchev–Trinajstić information content (AvgIpc) is 2.87. The molecule has 1 aliphatic heterocycles. The molecule has 2 rings (SSSR count). The van der Waals surface area contributed by atoms with E-state index in [0.717, 1.165) is 11.3 Å². The first-order chi connectivity index (χ1) is 8.05. The van der Waals surface area contributed by atoms with Crippen molar-refractivity contribution >= 4 is 39.0 Å². The van der Waals surface area contributed by atoms with Gasteiger partial charge < -0.3 is 0 Å². The van der Waals surface area contributed by atoms with Crippen molar-refractivity contribution in [3.63, 3.8) is 0 Å². The molecule has 1 fully saturated rings. The second kappa shape index (κ2) is 4.88. The van der Waals surface area contributed by atoms with Crippen molar-refractivity contribution in [2.45, 2.75) is 23.2 Å². The number of nitrogens with zero attached hydrogens (tertiary/aromatic N) is 2. The zero-order chi connectivity index (χ0) is 12.5. The summed E-state index contributed by atoms with van der Waals surface area (Å²) in [6.07, 6.45) is 2.03. The van der Waals surface area contributed by atoms with E-state index in [4.69, 9.17) is 11.6 Å². The molecular formula is C9H9ClN2O3S2. The van der Waals surface area contributed by atoms with Crippen molar-refractivity contribution in [3.8, 4) is 0 Å². The molecule has 2 heterocycles. The number of rotatable bonds is 3. The number of carbonyl (C=O) groups excluding carboxylic acids is 1. The molecule has 1 aliphatic rings. The maximum atomic E-state index is 12.2. The SMILES string of the molecule is O=C=NC1CCCN1S(=O)(=O)c1ccc(Cl)s1. The predicted molar refractivity (Wildman–Crippen MR) is 64.4 cm³/mol. The summed E-state index contributed by atoms with van der Waals surface area (Å²) in [6, 6.07) is 3.00. The minimum Gasteiger partial charge on any atom is -0.211 e. The lowest BCUT2D eigenvalue weighted by Gasteiger charge is -2.18. The fourth-order valence-electron chi connectivity index (χ4n) is 1.74. The van der Waals surface area contributed by atoms with Crippen molar-refractivity contribution in [3.05, 3.63) is 16.5 Å². The van der Waals surface area contributed by atoms with Crippen LogP contribution in [0, 0.1) is 0 Å². The van der Waals surface area contributed by atoms with Gasteiger partial charge >= 0.3 is 0 Å². The van der Waals surface area contributed by atoms with Gasteiger partial charge in [0.25, 0.3) is 10.0 Å². The second-order valence-electron chi connectivity index (χ2n) is 3.52. The summed E-state index contributed by atoms with van der Waals surface area (Å²) in [5.74, 6) is 0. The molecule has 0 radical (unpaired) electrons. The number of hydrogen-bond donors (Lipinski definition) is 0. The van der Waals surface area contributed by atoms with Crippen LogP contribution in [0.1, 0.15) is 12.8 Å². The first-order valence-corrected chi connectivity index (χ1v) is 7.53. The molecule has 17 heavy (non-hydrogen) atoms. The van der Waals surface area contributed by atoms with Crippen LogP contribution >= 0.6 is 22.9 Å². The molecular weight excluding hydrogens is 284 g/mol. The van der Waals surface area contributed by atoms with Crippen molar-refractivity contribution in [1.82, 2.24) is 4.31 Å².